The number of hydrogen-bond donors (Lipinski definition) is 2. The Morgan fingerprint density at radius 3 is 3.00 bits per heavy atom. The van der Waals surface area contributed by atoms with Crippen LogP contribution in [0.15, 0.2) is 23.4 Å². The average molecular weight is 330 g/mol. The van der Waals surface area contributed by atoms with Crippen LogP contribution in [0.4, 0.5) is 0 Å². The van der Waals surface area contributed by atoms with Crippen molar-refractivity contribution in [3.8, 4) is 0 Å². The van der Waals surface area contributed by atoms with Crippen LogP contribution in [0.2, 0.25) is 5.02 Å². The van der Waals surface area contributed by atoms with Gasteiger partial charge < -0.3 is 9.72 Å². The average Bonchev–Trinajstić information content (AvgIpc) is 3.17. The molecule has 8 heteroatoms. The molecule has 1 aliphatic rings. The summed E-state index contributed by atoms with van der Waals surface area (Å²) in [5.74, 6) is 0.346. The summed E-state index contributed by atoms with van der Waals surface area (Å²) in [5.41, 5.74) is 0.456. The molecule has 0 spiro atoms. The molecule has 2 aromatic rings. The van der Waals surface area contributed by atoms with E-state index in [0.717, 1.165) is 12.8 Å². The van der Waals surface area contributed by atoms with Gasteiger partial charge in [0.2, 0.25) is 10.0 Å². The molecule has 1 fully saturated rings. The Labute approximate surface area is 127 Å². The van der Waals surface area contributed by atoms with Crippen molar-refractivity contribution < 1.29 is 13.2 Å². The minimum Gasteiger partial charge on any atom is -0.383 e. The maximum Gasteiger partial charge on any atom is 0.243 e. The Morgan fingerprint density at radius 2 is 2.33 bits per heavy atom. The second kappa shape index (κ2) is 5.57. The Kier molecular flexibility index (Phi) is 3.92. The van der Waals surface area contributed by atoms with Crippen molar-refractivity contribution in [2.24, 2.45) is 5.92 Å². The van der Waals surface area contributed by atoms with Crippen molar-refractivity contribution in [1.29, 1.82) is 0 Å². The van der Waals surface area contributed by atoms with Gasteiger partial charge in [0.05, 0.1) is 17.0 Å². The van der Waals surface area contributed by atoms with Gasteiger partial charge in [0.25, 0.3) is 0 Å². The van der Waals surface area contributed by atoms with E-state index >= 15 is 0 Å². The highest BCUT2D eigenvalue weighted by atomic mass is 35.5. The summed E-state index contributed by atoms with van der Waals surface area (Å²) >= 11 is 6.11. The van der Waals surface area contributed by atoms with Gasteiger partial charge in [0.15, 0.2) is 0 Å². The first kappa shape index (κ1) is 14.8. The zero-order valence-corrected chi connectivity index (χ0v) is 13.0. The van der Waals surface area contributed by atoms with Crippen LogP contribution in [-0.2, 0) is 14.8 Å². The molecule has 2 aromatic heterocycles. The molecular formula is C13H16ClN3O3S. The molecule has 2 N–H and O–H groups in total. The molecule has 0 aliphatic heterocycles. The van der Waals surface area contributed by atoms with Crippen LogP contribution in [0, 0.1) is 5.92 Å². The van der Waals surface area contributed by atoms with E-state index in [4.69, 9.17) is 16.3 Å². The number of fused-ring (bicyclic) bond motifs is 1. The number of aromatic nitrogens is 2. The van der Waals surface area contributed by atoms with Crippen LogP contribution in [0.1, 0.15) is 12.8 Å². The van der Waals surface area contributed by atoms with Gasteiger partial charge in [-0.3, -0.25) is 0 Å². The molecule has 1 saturated carbocycles. The number of H-pyrrole nitrogens is 1. The molecule has 1 atom stereocenters. The highest BCUT2D eigenvalue weighted by Gasteiger charge is 2.35. The monoisotopic (exact) mass is 329 g/mol. The molecule has 114 valence electrons. The van der Waals surface area contributed by atoms with E-state index < -0.39 is 10.0 Å². The number of hydrogen-bond acceptors (Lipinski definition) is 4. The van der Waals surface area contributed by atoms with Gasteiger partial charge in [0.1, 0.15) is 10.5 Å². The van der Waals surface area contributed by atoms with Gasteiger partial charge in [0, 0.05) is 25.5 Å². The Balaban J connectivity index is 1.96. The molecule has 1 unspecified atom stereocenters. The summed E-state index contributed by atoms with van der Waals surface area (Å²) < 4.78 is 33.0. The molecule has 1 aliphatic carbocycles. The van der Waals surface area contributed by atoms with E-state index in [9.17, 15) is 8.42 Å². The van der Waals surface area contributed by atoms with Crippen LogP contribution >= 0.6 is 11.6 Å². The van der Waals surface area contributed by atoms with Crippen molar-refractivity contribution in [3.63, 3.8) is 0 Å². The predicted octanol–water partition coefficient (Wildman–Crippen LogP) is 1.92. The molecule has 3 rings (SSSR count). The molecule has 0 bridgehead atoms. The standard InChI is InChI=1S/C13H16ClN3O3S/c1-20-7-10(8-2-3-8)17-21(18,19)11-6-16-13-12(11)9(14)4-5-15-13/h4-6,8,10,17H,2-3,7H2,1H3,(H,15,16). The van der Waals surface area contributed by atoms with Crippen molar-refractivity contribution >= 4 is 32.7 Å². The topological polar surface area (TPSA) is 84.1 Å². The largest absolute Gasteiger partial charge is 0.383 e. The Morgan fingerprint density at radius 1 is 1.57 bits per heavy atom. The highest BCUT2D eigenvalue weighted by Crippen LogP contribution is 2.34. The minimum atomic E-state index is -3.68. The predicted molar refractivity (Wildman–Crippen MR) is 79.8 cm³/mol. The van der Waals surface area contributed by atoms with Gasteiger partial charge >= 0.3 is 0 Å². The maximum absolute atomic E-state index is 12.6. The molecule has 0 radical (unpaired) electrons. The molecule has 0 aromatic carbocycles. The van der Waals surface area contributed by atoms with Gasteiger partial charge in [-0.2, -0.15) is 0 Å². The molecule has 21 heavy (non-hydrogen) atoms. The zero-order valence-electron chi connectivity index (χ0n) is 11.5. The second-order valence-electron chi connectivity index (χ2n) is 5.19. The first-order chi connectivity index (χ1) is 10.0. The SMILES string of the molecule is COCC(NS(=O)(=O)c1c[nH]c2nccc(Cl)c12)C1CC1. The highest BCUT2D eigenvalue weighted by molar-refractivity contribution is 7.89. The van der Waals surface area contributed by atoms with Gasteiger partial charge in [-0.1, -0.05) is 11.6 Å². The Hall–Kier alpha value is -1.15. The van der Waals surface area contributed by atoms with E-state index in [1.54, 1.807) is 13.2 Å². The summed E-state index contributed by atoms with van der Waals surface area (Å²) in [6.07, 6.45) is 4.99. The van der Waals surface area contributed by atoms with Crippen molar-refractivity contribution in [3.05, 3.63) is 23.5 Å². The fraction of sp³-hybridized carbons (Fsp3) is 0.462. The lowest BCUT2D eigenvalue weighted by Crippen LogP contribution is -2.39. The van der Waals surface area contributed by atoms with Gasteiger partial charge in [-0.25, -0.2) is 18.1 Å². The number of halogens is 1. The molecule has 6 nitrogen and oxygen atoms in total. The van der Waals surface area contributed by atoms with Gasteiger partial charge in [-0.15, -0.1) is 0 Å². The second-order valence-corrected chi connectivity index (χ2v) is 7.28. The van der Waals surface area contributed by atoms with Crippen molar-refractivity contribution in [2.75, 3.05) is 13.7 Å². The van der Waals surface area contributed by atoms with E-state index in [0.29, 0.717) is 28.6 Å². The normalized spacial score (nSPS) is 17.2. The van der Waals surface area contributed by atoms with E-state index in [1.165, 1.54) is 12.4 Å². The number of ether oxygens (including phenoxy) is 1. The minimum absolute atomic E-state index is 0.123. The lowest BCUT2D eigenvalue weighted by Gasteiger charge is -2.17. The van der Waals surface area contributed by atoms with Crippen LogP contribution < -0.4 is 4.72 Å². The van der Waals surface area contributed by atoms with Crippen LogP contribution in [0.25, 0.3) is 11.0 Å². The number of sulfonamides is 1. The van der Waals surface area contributed by atoms with E-state index in [-0.39, 0.29) is 10.9 Å². The smallest absolute Gasteiger partial charge is 0.243 e. The lowest BCUT2D eigenvalue weighted by atomic mass is 10.2. The van der Waals surface area contributed by atoms with Gasteiger partial charge in [-0.05, 0) is 24.8 Å². The quantitative estimate of drug-likeness (QED) is 0.848. The van der Waals surface area contributed by atoms with Crippen molar-refractivity contribution in [1.82, 2.24) is 14.7 Å². The number of aromatic amines is 1. The third-order valence-electron chi connectivity index (χ3n) is 3.62. The molecule has 0 saturated heterocycles. The number of pyridine rings is 1. The summed E-state index contributed by atoms with van der Waals surface area (Å²) in [6.45, 7) is 0.359. The van der Waals surface area contributed by atoms with Crippen molar-refractivity contribution in [2.45, 2.75) is 23.8 Å². The van der Waals surface area contributed by atoms with Crippen LogP contribution in [0.3, 0.4) is 0 Å². The summed E-state index contributed by atoms with van der Waals surface area (Å²) in [4.78, 5) is 7.04. The Bertz CT molecular complexity index is 755. The summed E-state index contributed by atoms with van der Waals surface area (Å²) in [7, 11) is -2.11. The number of nitrogens with one attached hydrogen (secondary N) is 2. The third-order valence-corrected chi connectivity index (χ3v) is 5.45. The first-order valence-electron chi connectivity index (χ1n) is 6.66. The number of nitrogens with zero attached hydrogens (tertiary/aromatic N) is 1. The fourth-order valence-corrected chi connectivity index (χ4v) is 4.19. The summed E-state index contributed by atoms with van der Waals surface area (Å²) in [6, 6.07) is 1.37. The summed E-state index contributed by atoms with van der Waals surface area (Å²) in [5, 5.41) is 0.773. The maximum atomic E-state index is 12.6. The lowest BCUT2D eigenvalue weighted by molar-refractivity contribution is 0.167. The number of rotatable bonds is 6. The molecule has 2 heterocycles. The zero-order chi connectivity index (χ0) is 15.0. The van der Waals surface area contributed by atoms with E-state index in [2.05, 4.69) is 14.7 Å². The molecular weight excluding hydrogens is 314 g/mol. The number of methoxy groups -OCH3 is 1. The van der Waals surface area contributed by atoms with Crippen LogP contribution in [0.5, 0.6) is 0 Å². The molecule has 0 amide bonds. The first-order valence-corrected chi connectivity index (χ1v) is 8.52. The fourth-order valence-electron chi connectivity index (χ4n) is 2.41. The van der Waals surface area contributed by atoms with E-state index in [1.807, 2.05) is 0 Å². The third kappa shape index (κ3) is 2.91. The van der Waals surface area contributed by atoms with Crippen LogP contribution in [-0.4, -0.2) is 38.1 Å².